The number of carbonyl (C=O) groups is 1. The lowest BCUT2D eigenvalue weighted by molar-refractivity contribution is -0.118. The van der Waals surface area contributed by atoms with Crippen molar-refractivity contribution < 1.29 is 9.53 Å². The highest BCUT2D eigenvalue weighted by Gasteiger charge is 2.17. The fourth-order valence-electron chi connectivity index (χ4n) is 3.21. The number of benzene rings is 3. The molecule has 1 heterocycles. The first kappa shape index (κ1) is 22.1. The zero-order valence-electron chi connectivity index (χ0n) is 17.5. The van der Waals surface area contributed by atoms with Crippen LogP contribution in [0.4, 0.5) is 11.4 Å². The highest BCUT2D eigenvalue weighted by Crippen LogP contribution is 2.33. The van der Waals surface area contributed by atoms with Gasteiger partial charge in [0.2, 0.25) is 5.91 Å². The number of aliphatic imine (C=N–C) groups is 2. The Morgan fingerprint density at radius 3 is 2.53 bits per heavy atom. The minimum Gasteiger partial charge on any atom is -0.497 e. The topological polar surface area (TPSA) is 63.1 Å². The normalized spacial score (nSPS) is 12.8. The van der Waals surface area contributed by atoms with Crippen LogP contribution in [0.3, 0.4) is 0 Å². The molecular formula is C25H22ClN3O2S. The summed E-state index contributed by atoms with van der Waals surface area (Å²) in [5.74, 6) is 1.00. The van der Waals surface area contributed by atoms with Crippen LogP contribution in [0.25, 0.3) is 0 Å². The standard InChI is InChI=1S/C25H22ClN3O2S/c1-31-20-6-4-5-18(13-20)23-14-25(29-22-8-3-2-7-21(22)28-23)32-16-24(30)27-15-17-9-11-19(26)12-10-17/h2-13H,14-16H2,1H3,(H,27,30). The third-order valence-corrected chi connectivity index (χ3v) is 6.10. The fourth-order valence-corrected chi connectivity index (χ4v) is 4.14. The van der Waals surface area contributed by atoms with Crippen LogP contribution in [0.2, 0.25) is 5.02 Å². The number of carbonyl (C=O) groups excluding carboxylic acids is 1. The van der Waals surface area contributed by atoms with Gasteiger partial charge < -0.3 is 10.1 Å². The number of hydrogen-bond acceptors (Lipinski definition) is 5. The molecule has 0 unspecified atom stereocenters. The van der Waals surface area contributed by atoms with Crippen LogP contribution in [0.5, 0.6) is 5.75 Å². The summed E-state index contributed by atoms with van der Waals surface area (Å²) in [7, 11) is 1.65. The van der Waals surface area contributed by atoms with Crippen LogP contribution < -0.4 is 10.1 Å². The lowest BCUT2D eigenvalue weighted by Gasteiger charge is -2.09. The van der Waals surface area contributed by atoms with Crippen molar-refractivity contribution in [3.05, 3.63) is 88.9 Å². The van der Waals surface area contributed by atoms with Crippen molar-refractivity contribution in [1.29, 1.82) is 0 Å². The molecule has 0 radical (unpaired) electrons. The molecule has 0 bridgehead atoms. The van der Waals surface area contributed by atoms with Crippen molar-refractivity contribution in [2.75, 3.05) is 12.9 Å². The Kier molecular flexibility index (Phi) is 7.24. The molecule has 0 spiro atoms. The maximum atomic E-state index is 12.4. The van der Waals surface area contributed by atoms with E-state index in [0.717, 1.165) is 39.0 Å². The summed E-state index contributed by atoms with van der Waals surface area (Å²) in [5.41, 5.74) is 4.48. The van der Waals surface area contributed by atoms with E-state index in [1.807, 2.05) is 72.8 Å². The van der Waals surface area contributed by atoms with E-state index in [1.54, 1.807) is 7.11 Å². The average Bonchev–Trinajstić information content (AvgIpc) is 3.02. The first-order valence-electron chi connectivity index (χ1n) is 10.1. The van der Waals surface area contributed by atoms with E-state index in [9.17, 15) is 4.79 Å². The molecule has 1 amide bonds. The third kappa shape index (κ3) is 5.78. The van der Waals surface area contributed by atoms with Crippen LogP contribution in [0, 0.1) is 0 Å². The molecule has 4 rings (SSSR count). The molecule has 7 heteroatoms. The number of halogens is 1. The molecule has 0 saturated carbocycles. The molecule has 3 aromatic rings. The van der Waals surface area contributed by atoms with E-state index in [-0.39, 0.29) is 11.7 Å². The smallest absolute Gasteiger partial charge is 0.230 e. The van der Waals surface area contributed by atoms with E-state index < -0.39 is 0 Å². The van der Waals surface area contributed by atoms with Crippen molar-refractivity contribution in [2.24, 2.45) is 9.98 Å². The maximum absolute atomic E-state index is 12.4. The number of nitrogens with one attached hydrogen (secondary N) is 1. The molecule has 32 heavy (non-hydrogen) atoms. The van der Waals surface area contributed by atoms with Crippen molar-refractivity contribution in [2.45, 2.75) is 13.0 Å². The second-order valence-electron chi connectivity index (χ2n) is 7.15. The Balaban J connectivity index is 1.47. The highest BCUT2D eigenvalue weighted by atomic mass is 35.5. The fraction of sp³-hybridized carbons (Fsp3) is 0.160. The van der Waals surface area contributed by atoms with Gasteiger partial charge in [0.05, 0.1) is 35.0 Å². The number of hydrogen-bond donors (Lipinski definition) is 1. The van der Waals surface area contributed by atoms with E-state index >= 15 is 0 Å². The van der Waals surface area contributed by atoms with E-state index in [1.165, 1.54) is 11.8 Å². The molecular weight excluding hydrogens is 442 g/mol. The molecule has 162 valence electrons. The van der Waals surface area contributed by atoms with Gasteiger partial charge in [0.1, 0.15) is 5.75 Å². The minimum atomic E-state index is -0.0509. The zero-order valence-corrected chi connectivity index (χ0v) is 19.1. The number of ether oxygens (including phenoxy) is 1. The lowest BCUT2D eigenvalue weighted by atomic mass is 10.1. The molecule has 1 aliphatic heterocycles. The van der Waals surface area contributed by atoms with Gasteiger partial charge in [-0.05, 0) is 42.0 Å². The average molecular weight is 464 g/mol. The third-order valence-electron chi connectivity index (χ3n) is 4.88. The van der Waals surface area contributed by atoms with Crippen molar-refractivity contribution >= 4 is 51.4 Å². The quantitative estimate of drug-likeness (QED) is 0.491. The minimum absolute atomic E-state index is 0.0509. The molecule has 1 aliphatic rings. The Labute approximate surface area is 196 Å². The van der Waals surface area contributed by atoms with Crippen LogP contribution in [-0.4, -0.2) is 29.5 Å². The molecule has 0 saturated heterocycles. The Morgan fingerprint density at radius 1 is 1.03 bits per heavy atom. The summed E-state index contributed by atoms with van der Waals surface area (Å²) >= 11 is 7.34. The van der Waals surface area contributed by atoms with Gasteiger partial charge >= 0.3 is 0 Å². The number of thioether (sulfide) groups is 1. The highest BCUT2D eigenvalue weighted by molar-refractivity contribution is 8.14. The summed E-state index contributed by atoms with van der Waals surface area (Å²) in [6, 6.07) is 23.0. The van der Waals surface area contributed by atoms with Crippen LogP contribution in [0.1, 0.15) is 17.5 Å². The predicted octanol–water partition coefficient (Wildman–Crippen LogP) is 5.95. The van der Waals surface area contributed by atoms with Crippen LogP contribution >= 0.6 is 23.4 Å². The molecule has 0 fully saturated rings. The van der Waals surface area contributed by atoms with Gasteiger partial charge in [0, 0.05) is 23.6 Å². The largest absolute Gasteiger partial charge is 0.497 e. The van der Waals surface area contributed by atoms with Crippen molar-refractivity contribution in [1.82, 2.24) is 5.32 Å². The zero-order chi connectivity index (χ0) is 22.3. The first-order valence-corrected chi connectivity index (χ1v) is 11.5. The summed E-state index contributed by atoms with van der Waals surface area (Å²) in [5, 5.41) is 4.47. The Morgan fingerprint density at radius 2 is 1.78 bits per heavy atom. The van der Waals surface area contributed by atoms with Crippen LogP contribution in [-0.2, 0) is 11.3 Å². The van der Waals surface area contributed by atoms with Gasteiger partial charge in [-0.1, -0.05) is 48.0 Å². The molecule has 0 aliphatic carbocycles. The molecule has 3 aromatic carbocycles. The number of rotatable bonds is 6. The number of methoxy groups -OCH3 is 1. The number of para-hydroxylation sites is 2. The second-order valence-corrected chi connectivity index (χ2v) is 8.64. The van der Waals surface area contributed by atoms with Gasteiger partial charge in [-0.2, -0.15) is 0 Å². The van der Waals surface area contributed by atoms with E-state index in [2.05, 4.69) is 5.32 Å². The van der Waals surface area contributed by atoms with Gasteiger partial charge in [-0.15, -0.1) is 11.8 Å². The van der Waals surface area contributed by atoms with Crippen molar-refractivity contribution in [3.63, 3.8) is 0 Å². The Hall–Kier alpha value is -3.09. The lowest BCUT2D eigenvalue weighted by Crippen LogP contribution is -2.25. The number of nitrogens with zero attached hydrogens (tertiary/aromatic N) is 2. The van der Waals surface area contributed by atoms with Crippen LogP contribution in [0.15, 0.2) is 82.8 Å². The molecule has 0 atom stereocenters. The van der Waals surface area contributed by atoms with Gasteiger partial charge in [-0.25, -0.2) is 4.99 Å². The molecule has 5 nitrogen and oxygen atoms in total. The van der Waals surface area contributed by atoms with Gasteiger partial charge in [-0.3, -0.25) is 9.79 Å². The summed E-state index contributed by atoms with van der Waals surface area (Å²) in [6.45, 7) is 0.461. The van der Waals surface area contributed by atoms with Crippen molar-refractivity contribution in [3.8, 4) is 5.75 Å². The Bertz CT molecular complexity index is 1180. The second kappa shape index (κ2) is 10.5. The summed E-state index contributed by atoms with van der Waals surface area (Å²) in [4.78, 5) is 22.1. The first-order chi connectivity index (χ1) is 15.6. The molecule has 0 aromatic heterocycles. The summed E-state index contributed by atoms with van der Waals surface area (Å²) in [6.07, 6.45) is 0.539. The predicted molar refractivity (Wildman–Crippen MR) is 133 cm³/mol. The number of amides is 1. The summed E-state index contributed by atoms with van der Waals surface area (Å²) < 4.78 is 5.37. The van der Waals surface area contributed by atoms with Gasteiger partial charge in [0.25, 0.3) is 0 Å². The van der Waals surface area contributed by atoms with E-state index in [0.29, 0.717) is 18.0 Å². The number of fused-ring (bicyclic) bond motifs is 1. The molecule has 1 N–H and O–H groups in total. The van der Waals surface area contributed by atoms with Gasteiger partial charge in [0.15, 0.2) is 0 Å². The monoisotopic (exact) mass is 463 g/mol. The maximum Gasteiger partial charge on any atom is 0.230 e. The SMILES string of the molecule is COc1cccc(C2=Nc3ccccc3N=C(SCC(=O)NCc3ccc(Cl)cc3)C2)c1. The van der Waals surface area contributed by atoms with E-state index in [4.69, 9.17) is 26.3 Å².